The van der Waals surface area contributed by atoms with Gasteiger partial charge in [0.1, 0.15) is 0 Å². The van der Waals surface area contributed by atoms with Gasteiger partial charge in [-0.05, 0) is 27.2 Å². The maximum atomic E-state index is 12.1. The Hall–Kier alpha value is -1.59. The Balaban J connectivity index is 5.12. The van der Waals surface area contributed by atoms with E-state index in [9.17, 15) is 14.4 Å². The number of carbonyl (C=O) groups excluding carboxylic acids is 3. The SMILES string of the molecule is CCCC(C(=O)OCC)C(CC(=O)OCC)C(=O)OCC. The van der Waals surface area contributed by atoms with Crippen molar-refractivity contribution in [1.82, 2.24) is 0 Å². The van der Waals surface area contributed by atoms with Gasteiger partial charge in [-0.3, -0.25) is 14.4 Å². The lowest BCUT2D eigenvalue weighted by Gasteiger charge is -2.23. The van der Waals surface area contributed by atoms with Crippen LogP contribution in [-0.2, 0) is 28.6 Å². The van der Waals surface area contributed by atoms with Crippen LogP contribution in [0.25, 0.3) is 0 Å². The molecule has 0 saturated heterocycles. The fraction of sp³-hybridized carbons (Fsp3) is 0.800. The molecular formula is C15H26O6. The average molecular weight is 302 g/mol. The van der Waals surface area contributed by atoms with E-state index < -0.39 is 29.7 Å². The number of hydrogen-bond donors (Lipinski definition) is 0. The van der Waals surface area contributed by atoms with Crippen molar-refractivity contribution < 1.29 is 28.6 Å². The van der Waals surface area contributed by atoms with Gasteiger partial charge in [-0.15, -0.1) is 0 Å². The molecule has 0 aromatic heterocycles. The zero-order valence-corrected chi connectivity index (χ0v) is 13.3. The van der Waals surface area contributed by atoms with Crippen LogP contribution in [0.1, 0.15) is 47.0 Å². The van der Waals surface area contributed by atoms with E-state index in [-0.39, 0.29) is 26.2 Å². The third-order valence-electron chi connectivity index (χ3n) is 2.96. The second-order valence-corrected chi connectivity index (χ2v) is 4.51. The Labute approximate surface area is 126 Å². The molecule has 0 aliphatic rings. The summed E-state index contributed by atoms with van der Waals surface area (Å²) in [6.45, 7) is 7.62. The van der Waals surface area contributed by atoms with Crippen molar-refractivity contribution in [1.29, 1.82) is 0 Å². The maximum absolute atomic E-state index is 12.1. The number of ether oxygens (including phenoxy) is 3. The van der Waals surface area contributed by atoms with E-state index in [1.807, 2.05) is 6.92 Å². The first-order valence-electron chi connectivity index (χ1n) is 7.50. The minimum Gasteiger partial charge on any atom is -0.466 e. The van der Waals surface area contributed by atoms with Gasteiger partial charge in [0.2, 0.25) is 0 Å². The first-order valence-corrected chi connectivity index (χ1v) is 7.50. The van der Waals surface area contributed by atoms with Gasteiger partial charge in [0.25, 0.3) is 0 Å². The molecule has 0 fully saturated rings. The van der Waals surface area contributed by atoms with E-state index >= 15 is 0 Å². The molecule has 6 nitrogen and oxygen atoms in total. The third-order valence-corrected chi connectivity index (χ3v) is 2.96. The summed E-state index contributed by atoms with van der Waals surface area (Å²) < 4.78 is 14.9. The van der Waals surface area contributed by atoms with Crippen molar-refractivity contribution in [2.75, 3.05) is 19.8 Å². The van der Waals surface area contributed by atoms with Crippen LogP contribution in [0.2, 0.25) is 0 Å². The van der Waals surface area contributed by atoms with Crippen molar-refractivity contribution in [2.45, 2.75) is 47.0 Å². The van der Waals surface area contributed by atoms with Crippen molar-refractivity contribution >= 4 is 17.9 Å². The van der Waals surface area contributed by atoms with Crippen LogP contribution in [0, 0.1) is 11.8 Å². The summed E-state index contributed by atoms with van der Waals surface area (Å²) in [5, 5.41) is 0. The van der Waals surface area contributed by atoms with E-state index in [0.29, 0.717) is 12.8 Å². The molecule has 0 aromatic carbocycles. The topological polar surface area (TPSA) is 78.9 Å². The lowest BCUT2D eigenvalue weighted by Crippen LogP contribution is -2.34. The fourth-order valence-electron chi connectivity index (χ4n) is 2.08. The highest BCUT2D eigenvalue weighted by Crippen LogP contribution is 2.25. The number of rotatable bonds is 10. The molecule has 0 rings (SSSR count). The summed E-state index contributed by atoms with van der Waals surface area (Å²) in [4.78, 5) is 35.8. The van der Waals surface area contributed by atoms with Gasteiger partial charge in [-0.1, -0.05) is 13.3 Å². The van der Waals surface area contributed by atoms with E-state index in [1.54, 1.807) is 20.8 Å². The molecule has 0 amide bonds. The van der Waals surface area contributed by atoms with Gasteiger partial charge in [0, 0.05) is 0 Å². The summed E-state index contributed by atoms with van der Waals surface area (Å²) in [5.41, 5.74) is 0. The largest absolute Gasteiger partial charge is 0.466 e. The summed E-state index contributed by atoms with van der Waals surface area (Å²) >= 11 is 0. The fourth-order valence-corrected chi connectivity index (χ4v) is 2.08. The van der Waals surface area contributed by atoms with E-state index in [0.717, 1.165) is 0 Å². The second-order valence-electron chi connectivity index (χ2n) is 4.51. The molecule has 2 unspecified atom stereocenters. The average Bonchev–Trinajstić information content (AvgIpc) is 2.43. The van der Waals surface area contributed by atoms with E-state index in [1.165, 1.54) is 0 Å². The minimum atomic E-state index is -0.858. The summed E-state index contributed by atoms with van der Waals surface area (Å²) in [6, 6.07) is 0. The standard InChI is InChI=1S/C15H26O6/c1-5-9-11(14(17)20-7-3)12(15(18)21-8-4)10-13(16)19-6-2/h11-12H,5-10H2,1-4H3. The van der Waals surface area contributed by atoms with Crippen LogP contribution in [0.5, 0.6) is 0 Å². The van der Waals surface area contributed by atoms with Gasteiger partial charge in [0.15, 0.2) is 0 Å². The molecule has 6 heteroatoms. The summed E-state index contributed by atoms with van der Waals surface area (Å²) in [5.74, 6) is -3.08. The van der Waals surface area contributed by atoms with Crippen LogP contribution in [-0.4, -0.2) is 37.7 Å². The molecule has 0 aliphatic carbocycles. The summed E-state index contributed by atoms with van der Waals surface area (Å²) in [7, 11) is 0. The molecule has 122 valence electrons. The van der Waals surface area contributed by atoms with Crippen LogP contribution >= 0.6 is 0 Å². The number of hydrogen-bond acceptors (Lipinski definition) is 6. The Morgan fingerprint density at radius 3 is 1.67 bits per heavy atom. The smallest absolute Gasteiger partial charge is 0.310 e. The van der Waals surface area contributed by atoms with Crippen molar-refractivity contribution in [3.8, 4) is 0 Å². The van der Waals surface area contributed by atoms with Crippen LogP contribution in [0.3, 0.4) is 0 Å². The Bertz CT molecular complexity index is 339. The van der Waals surface area contributed by atoms with Gasteiger partial charge in [-0.25, -0.2) is 0 Å². The highest BCUT2D eigenvalue weighted by atomic mass is 16.5. The van der Waals surface area contributed by atoms with E-state index in [4.69, 9.17) is 14.2 Å². The predicted octanol–water partition coefficient (Wildman–Crippen LogP) is 2.10. The van der Waals surface area contributed by atoms with Crippen LogP contribution < -0.4 is 0 Å². The van der Waals surface area contributed by atoms with Gasteiger partial charge < -0.3 is 14.2 Å². The molecule has 2 atom stereocenters. The number of carbonyl (C=O) groups is 3. The molecule has 0 N–H and O–H groups in total. The molecule has 0 aromatic rings. The Morgan fingerprint density at radius 2 is 1.24 bits per heavy atom. The molecule has 0 radical (unpaired) electrons. The first-order chi connectivity index (χ1) is 10.0. The zero-order chi connectivity index (χ0) is 16.3. The van der Waals surface area contributed by atoms with Crippen molar-refractivity contribution in [2.24, 2.45) is 11.8 Å². The Morgan fingerprint density at radius 1 is 0.762 bits per heavy atom. The lowest BCUT2D eigenvalue weighted by atomic mass is 9.86. The lowest BCUT2D eigenvalue weighted by molar-refractivity contribution is -0.164. The minimum absolute atomic E-state index is 0.170. The van der Waals surface area contributed by atoms with Gasteiger partial charge >= 0.3 is 17.9 Å². The Kier molecular flexibility index (Phi) is 10.3. The van der Waals surface area contributed by atoms with Crippen LogP contribution in [0.4, 0.5) is 0 Å². The number of esters is 3. The molecule has 0 heterocycles. The second kappa shape index (κ2) is 11.1. The normalized spacial score (nSPS) is 13.1. The van der Waals surface area contributed by atoms with Crippen molar-refractivity contribution in [3.63, 3.8) is 0 Å². The molecule has 0 aliphatic heterocycles. The van der Waals surface area contributed by atoms with E-state index in [2.05, 4.69) is 0 Å². The van der Waals surface area contributed by atoms with Crippen molar-refractivity contribution in [3.05, 3.63) is 0 Å². The quantitative estimate of drug-likeness (QED) is 0.454. The third kappa shape index (κ3) is 7.11. The monoisotopic (exact) mass is 302 g/mol. The molecule has 0 bridgehead atoms. The molecule has 0 saturated carbocycles. The molecule has 0 spiro atoms. The van der Waals surface area contributed by atoms with Crippen LogP contribution in [0.15, 0.2) is 0 Å². The predicted molar refractivity (Wildman–Crippen MR) is 76.4 cm³/mol. The zero-order valence-electron chi connectivity index (χ0n) is 13.3. The van der Waals surface area contributed by atoms with Gasteiger partial charge in [-0.2, -0.15) is 0 Å². The highest BCUT2D eigenvalue weighted by Gasteiger charge is 2.37. The first kappa shape index (κ1) is 19.4. The maximum Gasteiger partial charge on any atom is 0.310 e. The van der Waals surface area contributed by atoms with Gasteiger partial charge in [0.05, 0.1) is 38.1 Å². The molecular weight excluding hydrogens is 276 g/mol. The highest BCUT2D eigenvalue weighted by molar-refractivity contribution is 5.86. The molecule has 21 heavy (non-hydrogen) atoms. The summed E-state index contributed by atoms with van der Waals surface area (Å²) in [6.07, 6.45) is 0.986.